The largest absolute Gasteiger partial charge is 0.316 e. The van der Waals surface area contributed by atoms with Crippen LogP contribution >= 0.6 is 0 Å². The zero-order valence-corrected chi connectivity index (χ0v) is 10.9. The van der Waals surface area contributed by atoms with E-state index < -0.39 is 10.0 Å². The Morgan fingerprint density at radius 1 is 1.12 bits per heavy atom. The molecular formula is C10H23N3O2S. The van der Waals surface area contributed by atoms with Gasteiger partial charge in [0.15, 0.2) is 0 Å². The van der Waals surface area contributed by atoms with E-state index in [4.69, 9.17) is 0 Å². The number of hydrazine groups is 1. The number of rotatable bonds is 7. The molecule has 0 saturated carbocycles. The summed E-state index contributed by atoms with van der Waals surface area (Å²) in [6.07, 6.45) is 4.39. The third-order valence-corrected chi connectivity index (χ3v) is 3.88. The van der Waals surface area contributed by atoms with Crippen LogP contribution in [0.4, 0.5) is 0 Å². The Balaban J connectivity index is 2.22. The first-order valence-electron chi connectivity index (χ1n) is 6.10. The number of sulfonamides is 1. The van der Waals surface area contributed by atoms with Gasteiger partial charge in [0.1, 0.15) is 0 Å². The van der Waals surface area contributed by atoms with Crippen molar-refractivity contribution in [2.24, 2.45) is 0 Å². The average molecular weight is 249 g/mol. The minimum atomic E-state index is -3.15. The van der Waals surface area contributed by atoms with Gasteiger partial charge in [-0.25, -0.2) is 13.4 Å². The van der Waals surface area contributed by atoms with E-state index in [9.17, 15) is 8.42 Å². The summed E-state index contributed by atoms with van der Waals surface area (Å²) in [6, 6.07) is 0. The maximum Gasteiger partial charge on any atom is 0.225 e. The van der Waals surface area contributed by atoms with Gasteiger partial charge in [0.25, 0.3) is 0 Å². The molecule has 1 heterocycles. The van der Waals surface area contributed by atoms with Crippen molar-refractivity contribution >= 4 is 10.0 Å². The van der Waals surface area contributed by atoms with E-state index in [0.29, 0.717) is 6.54 Å². The summed E-state index contributed by atoms with van der Waals surface area (Å²) in [5, 5.41) is 4.91. The Bertz CT molecular complexity index is 274. The van der Waals surface area contributed by atoms with Crippen molar-refractivity contribution in [1.82, 2.24) is 15.2 Å². The molecule has 0 amide bonds. The van der Waals surface area contributed by atoms with Gasteiger partial charge in [0, 0.05) is 19.6 Å². The van der Waals surface area contributed by atoms with Crippen LogP contribution in [0.1, 0.15) is 32.6 Å². The highest BCUT2D eigenvalue weighted by molar-refractivity contribution is 7.89. The van der Waals surface area contributed by atoms with Crippen LogP contribution in [0.3, 0.4) is 0 Å². The van der Waals surface area contributed by atoms with Gasteiger partial charge in [-0.15, -0.1) is 4.83 Å². The number of hydrogen-bond donors (Lipinski definition) is 2. The highest BCUT2D eigenvalue weighted by atomic mass is 32.2. The molecule has 1 saturated heterocycles. The first kappa shape index (κ1) is 13.9. The van der Waals surface area contributed by atoms with E-state index in [0.717, 1.165) is 38.9 Å². The Morgan fingerprint density at radius 3 is 2.44 bits per heavy atom. The molecule has 1 rings (SSSR count). The Hall–Kier alpha value is -0.170. The zero-order valence-electron chi connectivity index (χ0n) is 10.0. The molecule has 2 N–H and O–H groups in total. The van der Waals surface area contributed by atoms with Crippen LogP contribution in [0.25, 0.3) is 0 Å². The van der Waals surface area contributed by atoms with Crippen molar-refractivity contribution in [1.29, 1.82) is 0 Å². The lowest BCUT2D eigenvalue weighted by molar-refractivity contribution is 0.200. The highest BCUT2D eigenvalue weighted by Crippen LogP contribution is 2.06. The first-order valence-corrected chi connectivity index (χ1v) is 7.75. The van der Waals surface area contributed by atoms with Crippen molar-refractivity contribution < 1.29 is 8.42 Å². The van der Waals surface area contributed by atoms with Gasteiger partial charge in [-0.1, -0.05) is 13.3 Å². The van der Waals surface area contributed by atoms with E-state index in [1.807, 2.05) is 5.01 Å². The summed E-state index contributed by atoms with van der Waals surface area (Å²) < 4.78 is 23.3. The fourth-order valence-corrected chi connectivity index (χ4v) is 2.82. The molecule has 0 radical (unpaired) electrons. The summed E-state index contributed by atoms with van der Waals surface area (Å²) in [5.74, 6) is 0.156. The summed E-state index contributed by atoms with van der Waals surface area (Å²) in [5.41, 5.74) is 0. The van der Waals surface area contributed by atoms with Crippen molar-refractivity contribution in [3.63, 3.8) is 0 Å². The van der Waals surface area contributed by atoms with Crippen molar-refractivity contribution in [3.05, 3.63) is 0 Å². The number of hydrogen-bond acceptors (Lipinski definition) is 4. The van der Waals surface area contributed by atoms with Gasteiger partial charge in [0.05, 0.1) is 5.75 Å². The lowest BCUT2D eigenvalue weighted by Gasteiger charge is -2.26. The third kappa shape index (κ3) is 5.79. The SMILES string of the molecule is CCCNCCS(=O)(=O)NN1CCCCC1. The first-order chi connectivity index (χ1) is 7.64. The van der Waals surface area contributed by atoms with Gasteiger partial charge in [-0.05, 0) is 25.8 Å². The molecule has 0 bridgehead atoms. The van der Waals surface area contributed by atoms with E-state index >= 15 is 0 Å². The van der Waals surface area contributed by atoms with Gasteiger partial charge >= 0.3 is 0 Å². The molecule has 0 aromatic heterocycles. The molecule has 5 nitrogen and oxygen atoms in total. The zero-order chi connectivity index (χ0) is 11.9. The topological polar surface area (TPSA) is 61.4 Å². The number of piperidine rings is 1. The third-order valence-electron chi connectivity index (χ3n) is 2.60. The predicted octanol–water partition coefficient (Wildman–Crippen LogP) is 0.306. The number of nitrogens with zero attached hydrogens (tertiary/aromatic N) is 1. The molecule has 0 aromatic rings. The van der Waals surface area contributed by atoms with Crippen LogP contribution in [0, 0.1) is 0 Å². The monoisotopic (exact) mass is 249 g/mol. The molecule has 16 heavy (non-hydrogen) atoms. The second-order valence-electron chi connectivity index (χ2n) is 4.21. The summed E-state index contributed by atoms with van der Waals surface area (Å²) in [4.78, 5) is 2.64. The maximum absolute atomic E-state index is 11.7. The molecule has 1 aliphatic rings. The molecule has 6 heteroatoms. The summed E-state index contributed by atoms with van der Waals surface area (Å²) in [7, 11) is -3.15. The molecular weight excluding hydrogens is 226 g/mol. The van der Waals surface area contributed by atoms with Crippen molar-refractivity contribution in [3.8, 4) is 0 Å². The smallest absolute Gasteiger partial charge is 0.225 e. The standard InChI is InChI=1S/C10H23N3O2S/c1-2-6-11-7-10-16(14,15)12-13-8-4-3-5-9-13/h11-12H,2-10H2,1H3. The lowest BCUT2D eigenvalue weighted by Crippen LogP contribution is -2.46. The summed E-state index contributed by atoms with van der Waals surface area (Å²) in [6.45, 7) is 5.13. The molecule has 1 aliphatic heterocycles. The van der Waals surface area contributed by atoms with Gasteiger partial charge in [0.2, 0.25) is 10.0 Å². The van der Waals surface area contributed by atoms with Gasteiger partial charge in [-0.2, -0.15) is 0 Å². The summed E-state index contributed by atoms with van der Waals surface area (Å²) >= 11 is 0. The van der Waals surface area contributed by atoms with Crippen LogP contribution in [0.5, 0.6) is 0 Å². The highest BCUT2D eigenvalue weighted by Gasteiger charge is 2.16. The van der Waals surface area contributed by atoms with E-state index in [2.05, 4.69) is 17.1 Å². The minimum Gasteiger partial charge on any atom is -0.316 e. The second-order valence-corrected chi connectivity index (χ2v) is 6.03. The van der Waals surface area contributed by atoms with Gasteiger partial charge < -0.3 is 5.32 Å². The Morgan fingerprint density at radius 2 is 1.81 bits per heavy atom. The van der Waals surface area contributed by atoms with Crippen molar-refractivity contribution in [2.75, 3.05) is 31.9 Å². The average Bonchev–Trinajstić information content (AvgIpc) is 2.25. The van der Waals surface area contributed by atoms with Crippen molar-refractivity contribution in [2.45, 2.75) is 32.6 Å². The maximum atomic E-state index is 11.7. The van der Waals surface area contributed by atoms with Crippen LogP contribution in [-0.2, 0) is 10.0 Å². The van der Waals surface area contributed by atoms with Crippen LogP contribution in [-0.4, -0.2) is 45.4 Å². The van der Waals surface area contributed by atoms with E-state index in [1.165, 1.54) is 6.42 Å². The molecule has 0 spiro atoms. The fourth-order valence-electron chi connectivity index (χ4n) is 1.74. The molecule has 96 valence electrons. The predicted molar refractivity (Wildman–Crippen MR) is 65.5 cm³/mol. The Kier molecular flexibility index (Phi) is 6.26. The minimum absolute atomic E-state index is 0.156. The second kappa shape index (κ2) is 7.21. The Labute approximate surface area is 98.6 Å². The molecule has 1 fully saturated rings. The molecule has 0 aliphatic carbocycles. The van der Waals surface area contributed by atoms with E-state index in [1.54, 1.807) is 0 Å². The molecule has 0 atom stereocenters. The van der Waals surface area contributed by atoms with E-state index in [-0.39, 0.29) is 5.75 Å². The molecule has 0 aromatic carbocycles. The van der Waals surface area contributed by atoms with Crippen LogP contribution in [0.2, 0.25) is 0 Å². The quantitative estimate of drug-likeness (QED) is 0.637. The normalized spacial score (nSPS) is 18.8. The van der Waals surface area contributed by atoms with Crippen LogP contribution in [0.15, 0.2) is 0 Å². The molecule has 0 unspecified atom stereocenters. The fraction of sp³-hybridized carbons (Fsp3) is 1.00. The van der Waals surface area contributed by atoms with Crippen LogP contribution < -0.4 is 10.1 Å². The number of nitrogens with one attached hydrogen (secondary N) is 2. The lowest BCUT2D eigenvalue weighted by atomic mass is 10.2. The van der Waals surface area contributed by atoms with Gasteiger partial charge in [-0.3, -0.25) is 0 Å².